The van der Waals surface area contributed by atoms with E-state index in [1.54, 1.807) is 7.11 Å². The van der Waals surface area contributed by atoms with E-state index < -0.39 is 0 Å². The molecular weight excluding hydrogens is 410 g/mol. The fraction of sp³-hybridized carbons (Fsp3) is 0.179. The molecule has 0 aliphatic carbocycles. The summed E-state index contributed by atoms with van der Waals surface area (Å²) in [5.74, 6) is 0.793. The van der Waals surface area contributed by atoms with E-state index in [9.17, 15) is 4.79 Å². The summed E-state index contributed by atoms with van der Waals surface area (Å²) >= 11 is 0. The molecule has 166 valence electrons. The summed E-state index contributed by atoms with van der Waals surface area (Å²) in [7, 11) is 1.66. The molecule has 33 heavy (non-hydrogen) atoms. The third-order valence-corrected chi connectivity index (χ3v) is 6.22. The first-order valence-electron chi connectivity index (χ1n) is 11.1. The molecule has 5 nitrogen and oxygen atoms in total. The second-order valence-corrected chi connectivity index (χ2v) is 8.38. The van der Waals surface area contributed by atoms with Gasteiger partial charge in [0.1, 0.15) is 5.75 Å². The average Bonchev–Trinajstić information content (AvgIpc) is 3.28. The number of carbonyl (C=O) groups excluding carboxylic acids is 1. The van der Waals surface area contributed by atoms with Gasteiger partial charge in [-0.15, -0.1) is 0 Å². The largest absolute Gasteiger partial charge is 0.497 e. The Bertz CT molecular complexity index is 1260. The summed E-state index contributed by atoms with van der Waals surface area (Å²) in [6.07, 6.45) is 2.07. The van der Waals surface area contributed by atoms with Crippen LogP contribution in [0.2, 0.25) is 0 Å². The van der Waals surface area contributed by atoms with Crippen molar-refractivity contribution in [2.24, 2.45) is 0 Å². The number of amides is 2. The average molecular weight is 438 g/mol. The molecule has 1 atom stereocenters. The molecule has 4 aromatic rings. The van der Waals surface area contributed by atoms with Crippen molar-refractivity contribution in [3.8, 4) is 11.4 Å². The zero-order chi connectivity index (χ0) is 22.8. The predicted molar refractivity (Wildman–Crippen MR) is 130 cm³/mol. The first-order chi connectivity index (χ1) is 16.1. The van der Waals surface area contributed by atoms with Crippen LogP contribution in [0.25, 0.3) is 5.69 Å². The van der Waals surface area contributed by atoms with Crippen LogP contribution < -0.4 is 10.1 Å². The van der Waals surface area contributed by atoms with Crippen molar-refractivity contribution in [3.05, 3.63) is 119 Å². The minimum absolute atomic E-state index is 0.0964. The number of benzene rings is 3. The zero-order valence-electron chi connectivity index (χ0n) is 18.9. The Hall–Kier alpha value is -3.99. The normalized spacial score (nSPS) is 14.7. The summed E-state index contributed by atoms with van der Waals surface area (Å²) < 4.78 is 7.55. The maximum absolute atomic E-state index is 13.6. The number of nitrogens with one attached hydrogen (secondary N) is 1. The summed E-state index contributed by atoms with van der Waals surface area (Å²) in [6.45, 7) is 3.05. The number of para-hydroxylation sites is 1. The van der Waals surface area contributed by atoms with E-state index in [1.165, 1.54) is 5.56 Å². The van der Waals surface area contributed by atoms with Gasteiger partial charge < -0.3 is 19.5 Å². The fourth-order valence-electron chi connectivity index (χ4n) is 4.46. The van der Waals surface area contributed by atoms with Crippen LogP contribution in [-0.2, 0) is 13.1 Å². The standard InChI is InChI=1S/C28H27N3O2/c1-20-9-11-21(12-10-20)18-29-28(32)31-19-23-6-3-4-7-25(23)30-17-5-8-26(30)27(31)22-13-15-24(33-2)16-14-22/h3-17,27H,18-19H2,1-2H3,(H,29,32)/t27-/m0/s1. The number of hydrogen-bond acceptors (Lipinski definition) is 2. The molecule has 5 heteroatoms. The van der Waals surface area contributed by atoms with Gasteiger partial charge in [-0.2, -0.15) is 0 Å². The molecule has 1 N–H and O–H groups in total. The second kappa shape index (κ2) is 8.87. The van der Waals surface area contributed by atoms with Crippen LogP contribution in [0.3, 0.4) is 0 Å². The molecule has 0 saturated carbocycles. The van der Waals surface area contributed by atoms with Crippen molar-refractivity contribution in [3.63, 3.8) is 0 Å². The van der Waals surface area contributed by atoms with Crippen molar-refractivity contribution in [2.75, 3.05) is 7.11 Å². The lowest BCUT2D eigenvalue weighted by Gasteiger charge is -2.31. The van der Waals surface area contributed by atoms with E-state index in [0.717, 1.165) is 33.8 Å². The Morgan fingerprint density at radius 1 is 0.970 bits per heavy atom. The van der Waals surface area contributed by atoms with Gasteiger partial charge in [-0.05, 0) is 53.9 Å². The number of fused-ring (bicyclic) bond motifs is 3. The molecular formula is C28H27N3O2. The van der Waals surface area contributed by atoms with E-state index >= 15 is 0 Å². The monoisotopic (exact) mass is 437 g/mol. The Kier molecular flexibility index (Phi) is 5.61. The van der Waals surface area contributed by atoms with E-state index in [1.807, 2.05) is 47.4 Å². The highest BCUT2D eigenvalue weighted by atomic mass is 16.5. The van der Waals surface area contributed by atoms with Crippen molar-refractivity contribution in [1.82, 2.24) is 14.8 Å². The van der Waals surface area contributed by atoms with Gasteiger partial charge in [0.15, 0.2) is 0 Å². The molecule has 1 aliphatic heterocycles. The van der Waals surface area contributed by atoms with Crippen LogP contribution in [0.15, 0.2) is 91.1 Å². The molecule has 1 aromatic heterocycles. The lowest BCUT2D eigenvalue weighted by atomic mass is 10.0. The molecule has 2 amide bonds. The third kappa shape index (κ3) is 4.10. The Labute approximate surface area is 194 Å². The lowest BCUT2D eigenvalue weighted by molar-refractivity contribution is 0.180. The van der Waals surface area contributed by atoms with Gasteiger partial charge in [0, 0.05) is 18.4 Å². The maximum Gasteiger partial charge on any atom is 0.318 e. The number of urea groups is 1. The predicted octanol–water partition coefficient (Wildman–Crippen LogP) is 5.61. The van der Waals surface area contributed by atoms with E-state index in [2.05, 4.69) is 65.5 Å². The summed E-state index contributed by atoms with van der Waals surface area (Å²) in [5, 5.41) is 3.15. The summed E-state index contributed by atoms with van der Waals surface area (Å²) in [6, 6.07) is 28.3. The highest BCUT2D eigenvalue weighted by molar-refractivity contribution is 5.76. The molecule has 0 radical (unpaired) electrons. The van der Waals surface area contributed by atoms with Gasteiger partial charge in [0.05, 0.1) is 25.4 Å². The van der Waals surface area contributed by atoms with Crippen molar-refractivity contribution in [1.29, 1.82) is 0 Å². The lowest BCUT2D eigenvalue weighted by Crippen LogP contribution is -2.41. The molecule has 2 heterocycles. The molecule has 0 spiro atoms. The highest BCUT2D eigenvalue weighted by Crippen LogP contribution is 2.37. The number of ether oxygens (including phenoxy) is 1. The number of hydrogen-bond donors (Lipinski definition) is 1. The van der Waals surface area contributed by atoms with Gasteiger partial charge in [0.2, 0.25) is 0 Å². The van der Waals surface area contributed by atoms with Crippen LogP contribution in [-0.4, -0.2) is 22.6 Å². The van der Waals surface area contributed by atoms with Crippen molar-refractivity contribution >= 4 is 6.03 Å². The van der Waals surface area contributed by atoms with Gasteiger partial charge in [-0.25, -0.2) is 4.79 Å². The van der Waals surface area contributed by atoms with Gasteiger partial charge >= 0.3 is 6.03 Å². The third-order valence-electron chi connectivity index (χ3n) is 6.22. The number of aromatic nitrogens is 1. The minimum atomic E-state index is -0.240. The highest BCUT2D eigenvalue weighted by Gasteiger charge is 2.32. The van der Waals surface area contributed by atoms with Crippen LogP contribution in [0, 0.1) is 6.92 Å². The molecule has 0 bridgehead atoms. The van der Waals surface area contributed by atoms with Gasteiger partial charge in [-0.1, -0.05) is 60.2 Å². The van der Waals surface area contributed by atoms with Gasteiger partial charge in [-0.3, -0.25) is 0 Å². The molecule has 3 aromatic carbocycles. The summed E-state index contributed by atoms with van der Waals surface area (Å²) in [4.78, 5) is 15.5. The minimum Gasteiger partial charge on any atom is -0.497 e. The van der Waals surface area contributed by atoms with Crippen LogP contribution in [0.5, 0.6) is 5.75 Å². The molecule has 1 aliphatic rings. The molecule has 0 fully saturated rings. The zero-order valence-corrected chi connectivity index (χ0v) is 18.9. The van der Waals surface area contributed by atoms with Crippen LogP contribution >= 0.6 is 0 Å². The van der Waals surface area contributed by atoms with E-state index in [0.29, 0.717) is 13.1 Å². The SMILES string of the molecule is COc1ccc([C@H]2c3cccn3-c3ccccc3CN2C(=O)NCc2ccc(C)cc2)cc1. The smallest absolute Gasteiger partial charge is 0.318 e. The Balaban J connectivity index is 1.54. The Morgan fingerprint density at radius 3 is 2.48 bits per heavy atom. The fourth-order valence-corrected chi connectivity index (χ4v) is 4.46. The number of rotatable bonds is 4. The van der Waals surface area contributed by atoms with Gasteiger partial charge in [0.25, 0.3) is 0 Å². The number of carbonyl (C=O) groups is 1. The van der Waals surface area contributed by atoms with Crippen LogP contribution in [0.4, 0.5) is 4.79 Å². The molecule has 5 rings (SSSR count). The summed E-state index contributed by atoms with van der Waals surface area (Å²) in [5.41, 5.74) is 6.58. The van der Waals surface area contributed by atoms with Crippen molar-refractivity contribution < 1.29 is 9.53 Å². The first kappa shape index (κ1) is 20.9. The number of methoxy groups -OCH3 is 1. The quantitative estimate of drug-likeness (QED) is 0.451. The number of aryl methyl sites for hydroxylation is 1. The Morgan fingerprint density at radius 2 is 1.73 bits per heavy atom. The molecule has 0 unspecified atom stereocenters. The topological polar surface area (TPSA) is 46.5 Å². The second-order valence-electron chi connectivity index (χ2n) is 8.38. The first-order valence-corrected chi connectivity index (χ1v) is 11.1. The van der Waals surface area contributed by atoms with Crippen LogP contribution in [0.1, 0.15) is 34.0 Å². The van der Waals surface area contributed by atoms with Crippen molar-refractivity contribution in [2.45, 2.75) is 26.1 Å². The number of nitrogens with zero attached hydrogens (tertiary/aromatic N) is 2. The van der Waals surface area contributed by atoms with E-state index in [-0.39, 0.29) is 12.1 Å². The molecule has 0 saturated heterocycles. The van der Waals surface area contributed by atoms with E-state index in [4.69, 9.17) is 4.74 Å². The maximum atomic E-state index is 13.6.